The Morgan fingerprint density at radius 3 is 2.50 bits per heavy atom. The Labute approximate surface area is 91.5 Å². The highest BCUT2D eigenvalue weighted by Crippen LogP contribution is 2.33. The van der Waals surface area contributed by atoms with Crippen molar-refractivity contribution in [2.45, 2.75) is 18.9 Å². The number of nitrogens with two attached hydrogens (primary N) is 1. The maximum Gasteiger partial charge on any atom is 0.336 e. The normalized spacial score (nSPS) is 18.2. The summed E-state index contributed by atoms with van der Waals surface area (Å²) in [7, 11) is 0. The van der Waals surface area contributed by atoms with Crippen molar-refractivity contribution in [2.75, 3.05) is 0 Å². The average Bonchev–Trinajstić information content (AvgIpc) is 2.59. The van der Waals surface area contributed by atoms with Crippen LogP contribution >= 0.6 is 0 Å². The number of aryl methyl sites for hydroxylation is 1. The lowest BCUT2D eigenvalue weighted by Crippen LogP contribution is -2.16. The van der Waals surface area contributed by atoms with Crippen molar-refractivity contribution in [3.8, 4) is 0 Å². The van der Waals surface area contributed by atoms with Gasteiger partial charge >= 0.3 is 11.9 Å². The molecule has 1 aromatic carbocycles. The van der Waals surface area contributed by atoms with Crippen LogP contribution in [0.2, 0.25) is 0 Å². The van der Waals surface area contributed by atoms with Crippen LogP contribution in [0.1, 0.15) is 44.3 Å². The number of hydrogen-bond acceptors (Lipinski definition) is 3. The molecule has 0 spiro atoms. The zero-order chi connectivity index (χ0) is 11.9. The van der Waals surface area contributed by atoms with Crippen molar-refractivity contribution in [1.82, 2.24) is 0 Å². The summed E-state index contributed by atoms with van der Waals surface area (Å²) in [5.41, 5.74) is 6.77. The minimum atomic E-state index is -1.24. The van der Waals surface area contributed by atoms with Crippen LogP contribution in [0.3, 0.4) is 0 Å². The minimum Gasteiger partial charge on any atom is -0.478 e. The van der Waals surface area contributed by atoms with E-state index in [1.807, 2.05) is 0 Å². The van der Waals surface area contributed by atoms with E-state index >= 15 is 0 Å². The molecule has 0 fully saturated rings. The number of carbonyl (C=O) groups is 2. The third kappa shape index (κ3) is 1.45. The largest absolute Gasteiger partial charge is 0.478 e. The Hall–Kier alpha value is -1.88. The van der Waals surface area contributed by atoms with E-state index in [0.717, 1.165) is 5.56 Å². The average molecular weight is 221 g/mol. The van der Waals surface area contributed by atoms with E-state index in [-0.39, 0.29) is 17.2 Å². The number of carboxylic acids is 2. The van der Waals surface area contributed by atoms with Gasteiger partial charge in [-0.3, -0.25) is 0 Å². The second-order valence-corrected chi connectivity index (χ2v) is 3.82. The van der Waals surface area contributed by atoms with E-state index < -0.39 is 11.9 Å². The van der Waals surface area contributed by atoms with Crippen LogP contribution in [0.15, 0.2) is 12.1 Å². The number of carboxylic acid groups (broad SMARTS) is 2. The molecule has 0 radical (unpaired) electrons. The Morgan fingerprint density at radius 1 is 1.25 bits per heavy atom. The Balaban J connectivity index is 2.73. The predicted octanol–water partition coefficient (Wildman–Crippen LogP) is 1.03. The molecule has 1 atom stereocenters. The molecule has 5 nitrogen and oxygen atoms in total. The summed E-state index contributed by atoms with van der Waals surface area (Å²) < 4.78 is 0. The Bertz CT molecular complexity index is 481. The molecule has 0 saturated carbocycles. The van der Waals surface area contributed by atoms with Gasteiger partial charge < -0.3 is 15.9 Å². The molecule has 0 amide bonds. The molecule has 1 unspecified atom stereocenters. The molecule has 0 saturated heterocycles. The van der Waals surface area contributed by atoms with Crippen LogP contribution < -0.4 is 5.73 Å². The van der Waals surface area contributed by atoms with Gasteiger partial charge in [-0.25, -0.2) is 9.59 Å². The van der Waals surface area contributed by atoms with Crippen LogP contribution in [0.4, 0.5) is 0 Å². The predicted molar refractivity (Wildman–Crippen MR) is 55.6 cm³/mol. The van der Waals surface area contributed by atoms with Gasteiger partial charge in [-0.05, 0) is 30.0 Å². The first-order valence-electron chi connectivity index (χ1n) is 4.90. The van der Waals surface area contributed by atoms with Gasteiger partial charge in [0.05, 0.1) is 11.1 Å². The van der Waals surface area contributed by atoms with Crippen molar-refractivity contribution in [3.63, 3.8) is 0 Å². The van der Waals surface area contributed by atoms with Crippen LogP contribution in [-0.4, -0.2) is 22.2 Å². The minimum absolute atomic E-state index is 0.157. The van der Waals surface area contributed by atoms with Gasteiger partial charge in [0, 0.05) is 6.04 Å². The van der Waals surface area contributed by atoms with Gasteiger partial charge in [0.1, 0.15) is 0 Å². The van der Waals surface area contributed by atoms with Gasteiger partial charge in [0.15, 0.2) is 0 Å². The zero-order valence-corrected chi connectivity index (χ0v) is 8.43. The lowest BCUT2D eigenvalue weighted by molar-refractivity contribution is 0.0650. The Kier molecular flexibility index (Phi) is 2.40. The molecule has 5 heteroatoms. The molecule has 16 heavy (non-hydrogen) atoms. The fourth-order valence-electron chi connectivity index (χ4n) is 2.17. The molecule has 0 heterocycles. The van der Waals surface area contributed by atoms with E-state index in [1.54, 1.807) is 6.07 Å². The van der Waals surface area contributed by atoms with Crippen molar-refractivity contribution >= 4 is 11.9 Å². The molecule has 1 aliphatic carbocycles. The second kappa shape index (κ2) is 3.61. The van der Waals surface area contributed by atoms with Gasteiger partial charge in [0.2, 0.25) is 0 Å². The molecule has 2 rings (SSSR count). The van der Waals surface area contributed by atoms with E-state index in [2.05, 4.69) is 0 Å². The number of aromatic carboxylic acids is 2. The monoisotopic (exact) mass is 221 g/mol. The molecule has 84 valence electrons. The van der Waals surface area contributed by atoms with Crippen LogP contribution in [0.5, 0.6) is 0 Å². The molecule has 1 aromatic rings. The summed E-state index contributed by atoms with van der Waals surface area (Å²) in [6.07, 6.45) is 1.37. The van der Waals surface area contributed by atoms with Crippen molar-refractivity contribution in [2.24, 2.45) is 5.73 Å². The SMILES string of the molecule is NC1CCc2ccc(C(=O)O)c(C(=O)O)c21. The fourth-order valence-corrected chi connectivity index (χ4v) is 2.17. The van der Waals surface area contributed by atoms with Crippen molar-refractivity contribution < 1.29 is 19.8 Å². The third-order valence-corrected chi connectivity index (χ3v) is 2.88. The van der Waals surface area contributed by atoms with Crippen LogP contribution in [0.25, 0.3) is 0 Å². The molecule has 4 N–H and O–H groups in total. The van der Waals surface area contributed by atoms with E-state index in [9.17, 15) is 9.59 Å². The standard InChI is InChI=1S/C11H11NO4/c12-7-4-2-5-1-3-6(10(13)14)9(8(5)7)11(15)16/h1,3,7H,2,4,12H2,(H,13,14)(H,15,16). The van der Waals surface area contributed by atoms with E-state index in [0.29, 0.717) is 18.4 Å². The first-order chi connectivity index (χ1) is 7.52. The summed E-state index contributed by atoms with van der Waals surface area (Å²) in [5.74, 6) is -2.47. The summed E-state index contributed by atoms with van der Waals surface area (Å²) >= 11 is 0. The third-order valence-electron chi connectivity index (χ3n) is 2.88. The van der Waals surface area contributed by atoms with E-state index in [4.69, 9.17) is 15.9 Å². The molecule has 1 aliphatic rings. The molecule has 0 aliphatic heterocycles. The molecule has 0 bridgehead atoms. The summed E-state index contributed by atoms with van der Waals surface area (Å²) in [6, 6.07) is 2.61. The van der Waals surface area contributed by atoms with Gasteiger partial charge in [-0.1, -0.05) is 6.07 Å². The van der Waals surface area contributed by atoms with Gasteiger partial charge in [-0.2, -0.15) is 0 Å². The zero-order valence-electron chi connectivity index (χ0n) is 8.43. The van der Waals surface area contributed by atoms with Gasteiger partial charge in [0.25, 0.3) is 0 Å². The van der Waals surface area contributed by atoms with Gasteiger partial charge in [-0.15, -0.1) is 0 Å². The van der Waals surface area contributed by atoms with Crippen molar-refractivity contribution in [1.29, 1.82) is 0 Å². The smallest absolute Gasteiger partial charge is 0.336 e. The van der Waals surface area contributed by atoms with E-state index in [1.165, 1.54) is 6.07 Å². The molecular formula is C11H11NO4. The van der Waals surface area contributed by atoms with Crippen LogP contribution in [0, 0.1) is 0 Å². The number of benzene rings is 1. The highest BCUT2D eigenvalue weighted by molar-refractivity contribution is 6.03. The Morgan fingerprint density at radius 2 is 1.94 bits per heavy atom. The lowest BCUT2D eigenvalue weighted by Gasteiger charge is -2.11. The summed E-state index contributed by atoms with van der Waals surface area (Å²) in [4.78, 5) is 22.0. The lowest BCUT2D eigenvalue weighted by atomic mass is 9.96. The molecule has 0 aromatic heterocycles. The number of fused-ring (bicyclic) bond motifs is 1. The number of rotatable bonds is 2. The first-order valence-corrected chi connectivity index (χ1v) is 4.90. The first kappa shape index (κ1) is 10.6. The summed E-state index contributed by atoms with van der Waals surface area (Å²) in [5, 5.41) is 18.0. The van der Waals surface area contributed by atoms with Crippen molar-refractivity contribution in [3.05, 3.63) is 34.4 Å². The topological polar surface area (TPSA) is 101 Å². The molecular weight excluding hydrogens is 210 g/mol. The summed E-state index contributed by atoms with van der Waals surface area (Å²) in [6.45, 7) is 0. The highest BCUT2D eigenvalue weighted by Gasteiger charge is 2.29. The quantitative estimate of drug-likeness (QED) is 0.692. The maximum atomic E-state index is 11.1. The van der Waals surface area contributed by atoms with Crippen LogP contribution in [-0.2, 0) is 6.42 Å². The second-order valence-electron chi connectivity index (χ2n) is 3.82. The highest BCUT2D eigenvalue weighted by atomic mass is 16.4. The fraction of sp³-hybridized carbons (Fsp3) is 0.273. The maximum absolute atomic E-state index is 11.1. The number of hydrogen-bond donors (Lipinski definition) is 3.